The highest BCUT2D eigenvalue weighted by Gasteiger charge is 2.14. The summed E-state index contributed by atoms with van der Waals surface area (Å²) >= 11 is 6.10. The fourth-order valence-corrected chi connectivity index (χ4v) is 2.43. The predicted molar refractivity (Wildman–Crippen MR) is 104 cm³/mol. The van der Waals surface area contributed by atoms with Crippen LogP contribution in [0.5, 0.6) is 0 Å². The normalized spacial score (nSPS) is 10.4. The molecule has 7 heteroatoms. The lowest BCUT2D eigenvalue weighted by atomic mass is 10.1. The summed E-state index contributed by atoms with van der Waals surface area (Å²) in [7, 11) is 1.27. The summed E-state index contributed by atoms with van der Waals surface area (Å²) in [5.41, 5.74) is 1.22. The first-order chi connectivity index (χ1) is 12.8. The Kier molecular flexibility index (Phi) is 6.96. The van der Waals surface area contributed by atoms with Crippen LogP contribution in [0, 0.1) is 5.92 Å². The molecule has 0 atom stereocenters. The largest absolute Gasteiger partial charge is 0.465 e. The number of nitrogens with one attached hydrogen (secondary N) is 2. The Bertz CT molecular complexity index is 865. The monoisotopic (exact) mass is 388 g/mol. The number of benzene rings is 2. The van der Waals surface area contributed by atoms with Crippen molar-refractivity contribution in [1.29, 1.82) is 0 Å². The summed E-state index contributed by atoms with van der Waals surface area (Å²) in [5.74, 6) is -0.905. The minimum Gasteiger partial charge on any atom is -0.465 e. The number of hydrogen-bond donors (Lipinski definition) is 2. The molecular weight excluding hydrogens is 368 g/mol. The van der Waals surface area contributed by atoms with Gasteiger partial charge < -0.3 is 15.4 Å². The average Bonchev–Trinajstić information content (AvgIpc) is 2.67. The van der Waals surface area contributed by atoms with Crippen LogP contribution in [0.3, 0.4) is 0 Å². The van der Waals surface area contributed by atoms with Gasteiger partial charge in [0, 0.05) is 17.7 Å². The molecule has 142 valence electrons. The second kappa shape index (κ2) is 9.19. The minimum atomic E-state index is -0.536. The quantitative estimate of drug-likeness (QED) is 0.738. The fourth-order valence-electron chi connectivity index (χ4n) is 2.26. The molecule has 27 heavy (non-hydrogen) atoms. The van der Waals surface area contributed by atoms with E-state index in [1.54, 1.807) is 18.2 Å². The van der Waals surface area contributed by atoms with E-state index in [2.05, 4.69) is 15.4 Å². The molecule has 0 radical (unpaired) electrons. The number of ether oxygens (including phenoxy) is 1. The van der Waals surface area contributed by atoms with Crippen molar-refractivity contribution in [2.45, 2.75) is 13.8 Å². The smallest absolute Gasteiger partial charge is 0.337 e. The van der Waals surface area contributed by atoms with Crippen LogP contribution >= 0.6 is 11.6 Å². The summed E-state index contributed by atoms with van der Waals surface area (Å²) in [6.45, 7) is 4.54. The van der Waals surface area contributed by atoms with Gasteiger partial charge in [0.25, 0.3) is 11.8 Å². The summed E-state index contributed by atoms with van der Waals surface area (Å²) in [6, 6.07) is 10.8. The molecule has 0 aliphatic heterocycles. The van der Waals surface area contributed by atoms with Gasteiger partial charge in [-0.05, 0) is 42.3 Å². The van der Waals surface area contributed by atoms with Crippen LogP contribution in [-0.2, 0) is 4.74 Å². The lowest BCUT2D eigenvalue weighted by molar-refractivity contribution is 0.0600. The van der Waals surface area contributed by atoms with Crippen LogP contribution in [0.1, 0.15) is 44.9 Å². The Morgan fingerprint density at radius 3 is 2.30 bits per heavy atom. The molecule has 0 aromatic heterocycles. The van der Waals surface area contributed by atoms with Gasteiger partial charge in [-0.2, -0.15) is 0 Å². The molecule has 6 nitrogen and oxygen atoms in total. The first-order valence-electron chi connectivity index (χ1n) is 8.39. The van der Waals surface area contributed by atoms with E-state index in [9.17, 15) is 14.4 Å². The van der Waals surface area contributed by atoms with E-state index in [4.69, 9.17) is 11.6 Å². The molecule has 2 aromatic carbocycles. The Labute approximate surface area is 162 Å². The van der Waals surface area contributed by atoms with Crippen molar-refractivity contribution < 1.29 is 19.1 Å². The first-order valence-corrected chi connectivity index (χ1v) is 8.77. The predicted octanol–water partition coefficient (Wildman–Crippen LogP) is 3.76. The zero-order chi connectivity index (χ0) is 20.0. The third-order valence-electron chi connectivity index (χ3n) is 3.69. The van der Waals surface area contributed by atoms with Gasteiger partial charge in [0.15, 0.2) is 0 Å². The number of carbonyl (C=O) groups excluding carboxylic acids is 3. The molecule has 0 heterocycles. The minimum absolute atomic E-state index is 0.246. The van der Waals surface area contributed by atoms with E-state index in [-0.39, 0.29) is 22.2 Å². The third-order valence-corrected chi connectivity index (χ3v) is 4.02. The van der Waals surface area contributed by atoms with Gasteiger partial charge in [0.1, 0.15) is 0 Å². The van der Waals surface area contributed by atoms with Crippen LogP contribution in [0.2, 0.25) is 5.02 Å². The average molecular weight is 389 g/mol. The number of hydrogen-bond acceptors (Lipinski definition) is 4. The molecule has 2 aromatic rings. The Hall–Kier alpha value is -2.86. The van der Waals surface area contributed by atoms with E-state index >= 15 is 0 Å². The molecule has 0 saturated heterocycles. The van der Waals surface area contributed by atoms with Crippen LogP contribution in [0.15, 0.2) is 42.5 Å². The van der Waals surface area contributed by atoms with Gasteiger partial charge in [-0.1, -0.05) is 31.5 Å². The van der Waals surface area contributed by atoms with E-state index in [1.165, 1.54) is 31.4 Å². The number of carbonyl (C=O) groups is 3. The van der Waals surface area contributed by atoms with Gasteiger partial charge in [-0.3, -0.25) is 9.59 Å². The maximum Gasteiger partial charge on any atom is 0.337 e. The summed E-state index contributed by atoms with van der Waals surface area (Å²) in [5, 5.41) is 5.74. The van der Waals surface area contributed by atoms with Crippen molar-refractivity contribution in [1.82, 2.24) is 5.32 Å². The van der Waals surface area contributed by atoms with Gasteiger partial charge in [0.2, 0.25) is 0 Å². The highest BCUT2D eigenvalue weighted by atomic mass is 35.5. The van der Waals surface area contributed by atoms with Crippen molar-refractivity contribution in [3.8, 4) is 0 Å². The SMILES string of the molecule is COC(=O)c1ccc(Cl)c(NC(=O)c2cccc(C(=O)NCC(C)C)c2)c1. The van der Waals surface area contributed by atoms with E-state index in [0.717, 1.165) is 0 Å². The number of anilines is 1. The summed E-state index contributed by atoms with van der Waals surface area (Å²) in [6.07, 6.45) is 0. The standard InChI is InChI=1S/C20H21ClN2O4/c1-12(2)11-22-18(24)13-5-4-6-14(9-13)19(25)23-17-10-15(20(26)27-3)7-8-16(17)21/h4-10,12H,11H2,1-3H3,(H,22,24)(H,23,25). The molecule has 0 spiro atoms. The highest BCUT2D eigenvalue weighted by molar-refractivity contribution is 6.34. The van der Waals surface area contributed by atoms with Crippen LogP contribution in [0.4, 0.5) is 5.69 Å². The van der Waals surface area contributed by atoms with Crippen molar-refractivity contribution in [2.75, 3.05) is 19.0 Å². The molecule has 0 bridgehead atoms. The summed E-state index contributed by atoms with van der Waals surface area (Å²) in [4.78, 5) is 36.4. The maximum absolute atomic E-state index is 12.5. The highest BCUT2D eigenvalue weighted by Crippen LogP contribution is 2.24. The van der Waals surface area contributed by atoms with Crippen molar-refractivity contribution in [3.05, 3.63) is 64.2 Å². The van der Waals surface area contributed by atoms with Crippen molar-refractivity contribution >= 4 is 35.1 Å². The molecule has 2 rings (SSSR count). The lowest BCUT2D eigenvalue weighted by Crippen LogP contribution is -2.27. The topological polar surface area (TPSA) is 84.5 Å². The number of esters is 1. The molecule has 0 saturated carbocycles. The molecular formula is C20H21ClN2O4. The molecule has 0 aliphatic rings. The lowest BCUT2D eigenvalue weighted by Gasteiger charge is -2.11. The fraction of sp³-hybridized carbons (Fsp3) is 0.250. The van der Waals surface area contributed by atoms with Crippen molar-refractivity contribution in [2.24, 2.45) is 5.92 Å². The molecule has 2 N–H and O–H groups in total. The molecule has 0 unspecified atom stereocenters. The number of amides is 2. The molecule has 0 aliphatic carbocycles. The van der Waals surface area contributed by atoms with Crippen molar-refractivity contribution in [3.63, 3.8) is 0 Å². The number of rotatable bonds is 6. The second-order valence-electron chi connectivity index (χ2n) is 6.33. The second-order valence-corrected chi connectivity index (χ2v) is 6.73. The van der Waals surface area contributed by atoms with E-state index in [1.807, 2.05) is 13.8 Å². The van der Waals surface area contributed by atoms with E-state index < -0.39 is 11.9 Å². The third kappa shape index (κ3) is 5.56. The maximum atomic E-state index is 12.5. The van der Waals surface area contributed by atoms with Gasteiger partial charge in [-0.15, -0.1) is 0 Å². The van der Waals surface area contributed by atoms with E-state index in [0.29, 0.717) is 23.6 Å². The summed E-state index contributed by atoms with van der Waals surface area (Å²) < 4.78 is 4.66. The number of halogens is 1. The zero-order valence-corrected chi connectivity index (χ0v) is 16.1. The van der Waals surface area contributed by atoms with Gasteiger partial charge >= 0.3 is 5.97 Å². The Morgan fingerprint density at radius 1 is 1.00 bits per heavy atom. The Morgan fingerprint density at radius 2 is 1.67 bits per heavy atom. The van der Waals surface area contributed by atoms with Gasteiger partial charge in [-0.25, -0.2) is 4.79 Å². The Balaban J connectivity index is 2.18. The van der Waals surface area contributed by atoms with Gasteiger partial charge in [0.05, 0.1) is 23.4 Å². The number of methoxy groups -OCH3 is 1. The molecule has 0 fully saturated rings. The van der Waals surface area contributed by atoms with Crippen LogP contribution in [-0.4, -0.2) is 31.4 Å². The van der Waals surface area contributed by atoms with Crippen LogP contribution in [0.25, 0.3) is 0 Å². The zero-order valence-electron chi connectivity index (χ0n) is 15.3. The first kappa shape index (κ1) is 20.5. The van der Waals surface area contributed by atoms with Crippen LogP contribution < -0.4 is 10.6 Å². The molecule has 2 amide bonds.